The zero-order chi connectivity index (χ0) is 11.9. The second-order valence-corrected chi connectivity index (χ2v) is 9.12. The number of hydrogen-bond acceptors (Lipinski definition) is 0. The van der Waals surface area contributed by atoms with Crippen molar-refractivity contribution in [3.05, 3.63) is 0 Å². The molecule has 0 N–H and O–H groups in total. The van der Waals surface area contributed by atoms with E-state index in [2.05, 4.69) is 13.8 Å². The van der Waals surface area contributed by atoms with E-state index in [4.69, 9.17) is 0 Å². The van der Waals surface area contributed by atoms with E-state index in [0.29, 0.717) is 0 Å². The van der Waals surface area contributed by atoms with E-state index in [1.54, 1.807) is 12.3 Å². The fourth-order valence-electron chi connectivity index (χ4n) is 1.88. The third-order valence-electron chi connectivity index (χ3n) is 3.02. The molecule has 0 aromatic rings. The number of rotatable bonds is 13. The van der Waals surface area contributed by atoms with Crippen molar-refractivity contribution in [2.75, 3.05) is 12.3 Å². The molecule has 0 heterocycles. The predicted molar refractivity (Wildman–Crippen MR) is 85.3 cm³/mol. The summed E-state index contributed by atoms with van der Waals surface area (Å²) in [4.78, 5) is 0. The maximum atomic E-state index is 2.30. The normalized spacial score (nSPS) is 12.4. The van der Waals surface area contributed by atoms with Crippen LogP contribution in [-0.2, 0) is 0 Å². The second kappa shape index (κ2) is 15.9. The van der Waals surface area contributed by atoms with E-state index in [9.17, 15) is 0 Å². The lowest BCUT2D eigenvalue weighted by Crippen LogP contribution is -1.80. The Hall–Kier alpha value is 0.860. The van der Waals surface area contributed by atoms with Crippen molar-refractivity contribution >= 4 is 16.5 Å². The average molecular weight is 263 g/mol. The lowest BCUT2D eigenvalue weighted by molar-refractivity contribution is 0.658. The van der Waals surface area contributed by atoms with Gasteiger partial charge in [-0.15, -0.1) is 0 Å². The van der Waals surface area contributed by atoms with E-state index in [1.807, 2.05) is 0 Å². The minimum absolute atomic E-state index is 0.825. The van der Waals surface area contributed by atoms with E-state index >= 15 is 0 Å². The molecule has 2 heteroatoms. The zero-order valence-corrected chi connectivity index (χ0v) is 13.7. The first-order valence-corrected chi connectivity index (χ1v) is 11.3. The van der Waals surface area contributed by atoms with Gasteiger partial charge in [0, 0.05) is 16.5 Å². The molecule has 0 aromatic carbocycles. The molecule has 16 heavy (non-hydrogen) atoms. The Morgan fingerprint density at radius 3 is 1.88 bits per heavy atom. The van der Waals surface area contributed by atoms with Gasteiger partial charge in [-0.2, -0.15) is 0 Å². The van der Waals surface area contributed by atoms with Crippen molar-refractivity contribution in [1.29, 1.82) is 0 Å². The van der Waals surface area contributed by atoms with Crippen LogP contribution >= 0.6 is 16.5 Å². The molecular weight excluding hydrogens is 230 g/mol. The van der Waals surface area contributed by atoms with Gasteiger partial charge in [0.2, 0.25) is 0 Å². The lowest BCUT2D eigenvalue weighted by atomic mass is 10.2. The third-order valence-corrected chi connectivity index (χ3v) is 7.25. The summed E-state index contributed by atoms with van der Waals surface area (Å²) >= 11 is 0. The van der Waals surface area contributed by atoms with Gasteiger partial charge in [0.25, 0.3) is 0 Å². The van der Waals surface area contributed by atoms with Crippen LogP contribution in [0, 0.1) is 0 Å². The molecule has 0 aliphatic heterocycles. The van der Waals surface area contributed by atoms with Crippen LogP contribution in [0.1, 0.15) is 78.1 Å². The molecule has 98 valence electrons. The van der Waals surface area contributed by atoms with Crippen LogP contribution in [0.2, 0.25) is 0 Å². The SMILES string of the molecule is CCCCCCCP[PH2+]CCCCCCC. The van der Waals surface area contributed by atoms with Gasteiger partial charge in [-0.05, 0) is 25.4 Å². The van der Waals surface area contributed by atoms with Crippen LogP contribution in [0.4, 0.5) is 0 Å². The van der Waals surface area contributed by atoms with Crippen LogP contribution in [0.15, 0.2) is 0 Å². The molecule has 0 amide bonds. The first-order valence-electron chi connectivity index (χ1n) is 7.46. The summed E-state index contributed by atoms with van der Waals surface area (Å²) < 4.78 is 0. The summed E-state index contributed by atoms with van der Waals surface area (Å²) in [6.07, 6.45) is 17.8. The van der Waals surface area contributed by atoms with Crippen molar-refractivity contribution in [1.82, 2.24) is 0 Å². The highest BCUT2D eigenvalue weighted by Crippen LogP contribution is 2.38. The van der Waals surface area contributed by atoms with Crippen LogP contribution < -0.4 is 0 Å². The molecule has 0 aliphatic carbocycles. The van der Waals surface area contributed by atoms with Crippen molar-refractivity contribution in [3.8, 4) is 0 Å². The lowest BCUT2D eigenvalue weighted by Gasteiger charge is -1.98. The molecule has 2 unspecified atom stereocenters. The Morgan fingerprint density at radius 2 is 1.25 bits per heavy atom. The molecule has 0 bridgehead atoms. The standard InChI is InChI=1S/C14H32P2/c1-3-5-7-9-11-13-15-16-14-12-10-8-6-4-2/h15-16H,3-14H2,1-2H3/p+1. The highest BCUT2D eigenvalue weighted by Gasteiger charge is 1.97. The molecule has 0 aromatic heterocycles. The first-order chi connectivity index (χ1) is 7.91. The van der Waals surface area contributed by atoms with E-state index in [1.165, 1.54) is 72.5 Å². The smallest absolute Gasteiger partial charge is 0.0569 e. The van der Waals surface area contributed by atoms with Crippen molar-refractivity contribution in [2.24, 2.45) is 0 Å². The minimum Gasteiger partial charge on any atom is -0.0654 e. The molecular formula is C14H33P2+. The minimum atomic E-state index is 0.825. The Morgan fingerprint density at radius 1 is 0.688 bits per heavy atom. The van der Waals surface area contributed by atoms with Gasteiger partial charge >= 0.3 is 0 Å². The number of unbranched alkanes of at least 4 members (excludes halogenated alkanes) is 8. The van der Waals surface area contributed by atoms with Gasteiger partial charge in [0.15, 0.2) is 0 Å². The predicted octanol–water partition coefficient (Wildman–Crippen LogP) is 5.93. The molecule has 0 spiro atoms. The Kier molecular flexibility index (Phi) is 16.7. The van der Waals surface area contributed by atoms with Gasteiger partial charge in [0.05, 0.1) is 6.16 Å². The summed E-state index contributed by atoms with van der Waals surface area (Å²) in [6.45, 7) is 4.59. The van der Waals surface area contributed by atoms with E-state index in [0.717, 1.165) is 8.27 Å². The summed E-state index contributed by atoms with van der Waals surface area (Å²) in [5.74, 6) is 0. The Bertz CT molecular complexity index is 101. The zero-order valence-electron chi connectivity index (χ0n) is 11.6. The summed E-state index contributed by atoms with van der Waals surface area (Å²) in [5, 5.41) is 0. The quantitative estimate of drug-likeness (QED) is 0.285. The average Bonchev–Trinajstić information content (AvgIpc) is 2.31. The van der Waals surface area contributed by atoms with Crippen molar-refractivity contribution in [3.63, 3.8) is 0 Å². The van der Waals surface area contributed by atoms with Gasteiger partial charge < -0.3 is 0 Å². The largest absolute Gasteiger partial charge is 0.0654 e. The summed E-state index contributed by atoms with van der Waals surface area (Å²) in [7, 11) is 2.16. The Balaban J connectivity index is 2.83. The second-order valence-electron chi connectivity index (χ2n) is 4.78. The highest BCUT2D eigenvalue weighted by molar-refractivity contribution is 8.11. The van der Waals surface area contributed by atoms with Crippen LogP contribution in [-0.4, -0.2) is 12.3 Å². The van der Waals surface area contributed by atoms with Crippen LogP contribution in [0.3, 0.4) is 0 Å². The molecule has 0 fully saturated rings. The molecule has 0 saturated heterocycles. The molecule has 0 saturated carbocycles. The highest BCUT2D eigenvalue weighted by atomic mass is 32.0. The van der Waals surface area contributed by atoms with Gasteiger partial charge in [-0.1, -0.05) is 58.8 Å². The van der Waals surface area contributed by atoms with Crippen molar-refractivity contribution < 1.29 is 0 Å². The van der Waals surface area contributed by atoms with Gasteiger partial charge in [0.1, 0.15) is 0 Å². The van der Waals surface area contributed by atoms with E-state index < -0.39 is 0 Å². The third kappa shape index (κ3) is 14.9. The summed E-state index contributed by atoms with van der Waals surface area (Å²) in [5.41, 5.74) is 0. The van der Waals surface area contributed by atoms with Crippen LogP contribution in [0.25, 0.3) is 0 Å². The molecule has 0 radical (unpaired) electrons. The maximum absolute atomic E-state index is 2.30. The van der Waals surface area contributed by atoms with Gasteiger partial charge in [-0.3, -0.25) is 0 Å². The van der Waals surface area contributed by atoms with Crippen LogP contribution in [0.5, 0.6) is 0 Å². The molecule has 0 rings (SSSR count). The molecule has 0 nitrogen and oxygen atoms in total. The van der Waals surface area contributed by atoms with E-state index in [-0.39, 0.29) is 0 Å². The van der Waals surface area contributed by atoms with Gasteiger partial charge in [-0.25, -0.2) is 0 Å². The first kappa shape index (κ1) is 16.9. The topological polar surface area (TPSA) is 0 Å². The number of hydrogen-bond donors (Lipinski definition) is 0. The molecule has 0 aliphatic rings. The fourth-order valence-corrected chi connectivity index (χ4v) is 5.69. The Labute approximate surface area is 107 Å². The fraction of sp³-hybridized carbons (Fsp3) is 1.00. The van der Waals surface area contributed by atoms with Crippen molar-refractivity contribution in [2.45, 2.75) is 78.1 Å². The monoisotopic (exact) mass is 263 g/mol. The maximum Gasteiger partial charge on any atom is 0.0569 e. The molecule has 2 atom stereocenters. The summed E-state index contributed by atoms with van der Waals surface area (Å²) in [6, 6.07) is 0.